The van der Waals surface area contributed by atoms with E-state index in [0.29, 0.717) is 0 Å². The van der Waals surface area contributed by atoms with Crippen molar-refractivity contribution in [3.05, 3.63) is 51.9 Å². The Morgan fingerprint density at radius 2 is 1.92 bits per heavy atom. The van der Waals surface area contributed by atoms with Gasteiger partial charge in [-0.25, -0.2) is 15.0 Å². The minimum absolute atomic E-state index is 0.727. The molecule has 0 atom stereocenters. The maximum Gasteiger partial charge on any atom is 0.161 e. The van der Waals surface area contributed by atoms with Gasteiger partial charge in [-0.05, 0) is 32.4 Å². The van der Waals surface area contributed by atoms with Crippen LogP contribution in [0.4, 0.5) is 5.82 Å². The topological polar surface area (TPSA) is 63.6 Å². The van der Waals surface area contributed by atoms with Gasteiger partial charge in [0, 0.05) is 53.3 Å². The molecule has 0 fully saturated rings. The highest BCUT2D eigenvalue weighted by Gasteiger charge is 2.10. The van der Waals surface area contributed by atoms with Crippen molar-refractivity contribution in [1.82, 2.24) is 19.9 Å². The number of pyridine rings is 1. The summed E-state index contributed by atoms with van der Waals surface area (Å²) in [5.41, 5.74) is 3.05. The van der Waals surface area contributed by atoms with E-state index < -0.39 is 0 Å². The second-order valence-corrected chi connectivity index (χ2v) is 6.79. The lowest BCUT2D eigenvalue weighted by molar-refractivity contribution is 0.969. The SMILES string of the molecule is CCc1cnc(CCNc2nc(-c3ccncc3)nc(C)c2C)s1. The van der Waals surface area contributed by atoms with Crippen LogP contribution in [-0.4, -0.2) is 26.5 Å². The zero-order valence-corrected chi connectivity index (χ0v) is 15.0. The number of nitrogens with one attached hydrogen (secondary N) is 1. The largest absolute Gasteiger partial charge is 0.369 e. The van der Waals surface area contributed by atoms with Gasteiger partial charge < -0.3 is 5.32 Å². The Morgan fingerprint density at radius 1 is 1.12 bits per heavy atom. The van der Waals surface area contributed by atoms with E-state index >= 15 is 0 Å². The van der Waals surface area contributed by atoms with Gasteiger partial charge >= 0.3 is 0 Å². The molecule has 3 rings (SSSR count). The normalized spacial score (nSPS) is 10.8. The lowest BCUT2D eigenvalue weighted by atomic mass is 10.2. The molecule has 6 heteroatoms. The molecule has 5 nitrogen and oxygen atoms in total. The Kier molecular flexibility index (Phi) is 5.15. The minimum Gasteiger partial charge on any atom is -0.369 e. The second kappa shape index (κ2) is 7.49. The van der Waals surface area contributed by atoms with E-state index in [9.17, 15) is 0 Å². The van der Waals surface area contributed by atoms with Crippen molar-refractivity contribution >= 4 is 17.2 Å². The van der Waals surface area contributed by atoms with Crippen LogP contribution in [0.25, 0.3) is 11.4 Å². The first-order valence-corrected chi connectivity index (χ1v) is 8.92. The van der Waals surface area contributed by atoms with Crippen molar-refractivity contribution in [1.29, 1.82) is 0 Å². The summed E-state index contributed by atoms with van der Waals surface area (Å²) in [7, 11) is 0. The molecule has 24 heavy (non-hydrogen) atoms. The zero-order chi connectivity index (χ0) is 16.9. The lowest BCUT2D eigenvalue weighted by Gasteiger charge is -2.12. The molecule has 0 aliphatic heterocycles. The molecule has 0 saturated heterocycles. The van der Waals surface area contributed by atoms with Gasteiger partial charge in [-0.2, -0.15) is 0 Å². The van der Waals surface area contributed by atoms with Crippen LogP contribution in [0.5, 0.6) is 0 Å². The van der Waals surface area contributed by atoms with Gasteiger partial charge in [0.2, 0.25) is 0 Å². The fourth-order valence-corrected chi connectivity index (χ4v) is 3.21. The van der Waals surface area contributed by atoms with E-state index in [-0.39, 0.29) is 0 Å². The molecule has 1 N–H and O–H groups in total. The average Bonchev–Trinajstić information content (AvgIpc) is 3.07. The Bertz CT molecular complexity index is 814. The summed E-state index contributed by atoms with van der Waals surface area (Å²) >= 11 is 1.78. The van der Waals surface area contributed by atoms with E-state index in [0.717, 1.165) is 52.9 Å². The summed E-state index contributed by atoms with van der Waals surface area (Å²) < 4.78 is 0. The van der Waals surface area contributed by atoms with Crippen LogP contribution in [0, 0.1) is 13.8 Å². The molecule has 3 aromatic heterocycles. The smallest absolute Gasteiger partial charge is 0.161 e. The third-order valence-electron chi connectivity index (χ3n) is 3.91. The molecule has 0 unspecified atom stereocenters. The van der Waals surface area contributed by atoms with Crippen molar-refractivity contribution in [3.63, 3.8) is 0 Å². The standard InChI is InChI=1S/C18H21N5S/c1-4-15-11-21-16(24-15)7-10-20-17-12(2)13(3)22-18(23-17)14-5-8-19-9-6-14/h5-6,8-9,11H,4,7,10H2,1-3H3,(H,20,22,23). The number of hydrogen-bond acceptors (Lipinski definition) is 6. The summed E-state index contributed by atoms with van der Waals surface area (Å²) in [5.74, 6) is 1.62. The quantitative estimate of drug-likeness (QED) is 0.739. The van der Waals surface area contributed by atoms with Crippen LogP contribution in [0.3, 0.4) is 0 Å². The van der Waals surface area contributed by atoms with Crippen molar-refractivity contribution < 1.29 is 0 Å². The Morgan fingerprint density at radius 3 is 2.62 bits per heavy atom. The van der Waals surface area contributed by atoms with Gasteiger partial charge in [0.05, 0.1) is 5.01 Å². The molecular formula is C18H21N5S. The van der Waals surface area contributed by atoms with Gasteiger partial charge in [0.1, 0.15) is 5.82 Å². The molecule has 0 amide bonds. The van der Waals surface area contributed by atoms with Crippen molar-refractivity contribution in [2.75, 3.05) is 11.9 Å². The highest BCUT2D eigenvalue weighted by molar-refractivity contribution is 7.11. The predicted molar refractivity (Wildman–Crippen MR) is 98.4 cm³/mol. The monoisotopic (exact) mass is 339 g/mol. The number of nitrogens with zero attached hydrogens (tertiary/aromatic N) is 4. The molecule has 3 aromatic rings. The summed E-state index contributed by atoms with van der Waals surface area (Å²) in [6, 6.07) is 3.85. The number of hydrogen-bond donors (Lipinski definition) is 1. The fourth-order valence-electron chi connectivity index (χ4n) is 2.35. The number of rotatable bonds is 6. The van der Waals surface area contributed by atoms with E-state index in [1.54, 1.807) is 23.7 Å². The molecule has 0 aromatic carbocycles. The highest BCUT2D eigenvalue weighted by Crippen LogP contribution is 2.21. The number of thiazole rings is 1. The average molecular weight is 339 g/mol. The molecule has 0 saturated carbocycles. The summed E-state index contributed by atoms with van der Waals surface area (Å²) in [5, 5.41) is 4.60. The van der Waals surface area contributed by atoms with Crippen LogP contribution in [0.15, 0.2) is 30.7 Å². The van der Waals surface area contributed by atoms with Gasteiger partial charge in [-0.3, -0.25) is 4.98 Å². The van der Waals surface area contributed by atoms with E-state index in [2.05, 4.69) is 32.2 Å². The minimum atomic E-state index is 0.727. The van der Waals surface area contributed by atoms with E-state index in [4.69, 9.17) is 0 Å². The highest BCUT2D eigenvalue weighted by atomic mass is 32.1. The van der Waals surface area contributed by atoms with Crippen LogP contribution in [-0.2, 0) is 12.8 Å². The third-order valence-corrected chi connectivity index (χ3v) is 5.11. The van der Waals surface area contributed by atoms with Crippen LogP contribution in [0.1, 0.15) is 28.1 Å². The number of aryl methyl sites for hydroxylation is 2. The molecular weight excluding hydrogens is 318 g/mol. The number of aromatic nitrogens is 4. The zero-order valence-electron chi connectivity index (χ0n) is 14.2. The van der Waals surface area contributed by atoms with E-state index in [1.165, 1.54) is 4.88 Å². The maximum atomic E-state index is 4.69. The van der Waals surface area contributed by atoms with Crippen molar-refractivity contribution in [3.8, 4) is 11.4 Å². The maximum absolute atomic E-state index is 4.69. The van der Waals surface area contributed by atoms with Crippen molar-refractivity contribution in [2.24, 2.45) is 0 Å². The fraction of sp³-hybridized carbons (Fsp3) is 0.333. The summed E-state index contributed by atoms with van der Waals surface area (Å²) in [4.78, 5) is 19.1. The molecule has 124 valence electrons. The Labute approximate surface area is 146 Å². The van der Waals surface area contributed by atoms with Crippen LogP contribution < -0.4 is 5.32 Å². The van der Waals surface area contributed by atoms with Crippen LogP contribution >= 0.6 is 11.3 Å². The van der Waals surface area contributed by atoms with Crippen LogP contribution in [0.2, 0.25) is 0 Å². The summed E-state index contributed by atoms with van der Waals surface area (Å²) in [6.45, 7) is 7.03. The first kappa shape index (κ1) is 16.5. The first-order chi connectivity index (χ1) is 11.7. The number of anilines is 1. The Hall–Kier alpha value is -2.34. The molecule has 0 radical (unpaired) electrons. The molecule has 0 bridgehead atoms. The lowest BCUT2D eigenvalue weighted by Crippen LogP contribution is -2.10. The molecule has 3 heterocycles. The predicted octanol–water partition coefficient (Wildman–Crippen LogP) is 3.83. The molecule has 0 aliphatic carbocycles. The van der Waals surface area contributed by atoms with E-state index in [1.807, 2.05) is 32.2 Å². The molecule has 0 aliphatic rings. The molecule has 0 spiro atoms. The Balaban J connectivity index is 1.73. The third kappa shape index (κ3) is 3.76. The first-order valence-electron chi connectivity index (χ1n) is 8.10. The second-order valence-electron chi connectivity index (χ2n) is 5.59. The van der Waals surface area contributed by atoms with Gasteiger partial charge in [0.15, 0.2) is 5.82 Å². The summed E-state index contributed by atoms with van der Waals surface area (Å²) in [6.07, 6.45) is 7.44. The van der Waals surface area contributed by atoms with Crippen molar-refractivity contribution in [2.45, 2.75) is 33.6 Å². The van der Waals surface area contributed by atoms with Gasteiger partial charge in [0.25, 0.3) is 0 Å². The van der Waals surface area contributed by atoms with Gasteiger partial charge in [-0.1, -0.05) is 6.92 Å². The van der Waals surface area contributed by atoms with Gasteiger partial charge in [-0.15, -0.1) is 11.3 Å².